The maximum Gasteiger partial charge on any atom is 0.142 e. The number of aromatic nitrogens is 2. The molecule has 0 spiro atoms. The van der Waals surface area contributed by atoms with E-state index >= 15 is 0 Å². The molecule has 0 fully saturated rings. The van der Waals surface area contributed by atoms with Crippen LogP contribution in [-0.4, -0.2) is 16.5 Å². The monoisotopic (exact) mass is 289 g/mol. The summed E-state index contributed by atoms with van der Waals surface area (Å²) in [6.45, 7) is 6.43. The molecule has 0 saturated carbocycles. The van der Waals surface area contributed by atoms with Gasteiger partial charge in [0.15, 0.2) is 0 Å². The third-order valence-corrected chi connectivity index (χ3v) is 4.26. The second-order valence-electron chi connectivity index (χ2n) is 4.88. The number of unbranched alkanes of at least 4 members (excludes halogenated alkanes) is 1. The molecular weight excluding hydrogens is 266 g/mol. The van der Waals surface area contributed by atoms with Gasteiger partial charge in [-0.2, -0.15) is 0 Å². The Morgan fingerprint density at radius 1 is 1.20 bits per heavy atom. The fraction of sp³-hybridized carbons (Fsp3) is 0.500. The summed E-state index contributed by atoms with van der Waals surface area (Å²) in [5.41, 5.74) is 2.22. The Morgan fingerprint density at radius 3 is 2.80 bits per heavy atom. The van der Waals surface area contributed by atoms with Gasteiger partial charge in [0.25, 0.3) is 0 Å². The molecule has 3 nitrogen and oxygen atoms in total. The lowest BCUT2D eigenvalue weighted by atomic mass is 10.2. The van der Waals surface area contributed by atoms with Gasteiger partial charge in [-0.25, -0.2) is 4.98 Å². The van der Waals surface area contributed by atoms with Crippen LogP contribution in [0.3, 0.4) is 0 Å². The molecule has 1 N–H and O–H groups in total. The maximum absolute atomic E-state index is 4.79. The van der Waals surface area contributed by atoms with Crippen molar-refractivity contribution in [1.29, 1.82) is 0 Å². The highest BCUT2D eigenvalue weighted by molar-refractivity contribution is 7.15. The Labute approximate surface area is 125 Å². The van der Waals surface area contributed by atoms with Crippen LogP contribution in [0.1, 0.15) is 43.7 Å². The van der Waals surface area contributed by atoms with Gasteiger partial charge in [-0.3, -0.25) is 4.98 Å². The van der Waals surface area contributed by atoms with E-state index in [1.54, 1.807) is 11.3 Å². The fourth-order valence-corrected chi connectivity index (χ4v) is 3.11. The minimum atomic E-state index is 0.930. The largest absolute Gasteiger partial charge is 0.312 e. The summed E-state index contributed by atoms with van der Waals surface area (Å²) in [5, 5.41) is 4.56. The Bertz CT molecular complexity index is 508. The van der Waals surface area contributed by atoms with Gasteiger partial charge >= 0.3 is 0 Å². The normalized spacial score (nSPS) is 10.9. The first-order chi connectivity index (χ1) is 9.85. The van der Waals surface area contributed by atoms with Gasteiger partial charge in [-0.1, -0.05) is 32.8 Å². The smallest absolute Gasteiger partial charge is 0.142 e. The molecule has 0 radical (unpaired) electrons. The minimum absolute atomic E-state index is 0.930. The Balaban J connectivity index is 2.11. The van der Waals surface area contributed by atoms with Crippen LogP contribution in [0.5, 0.6) is 0 Å². The zero-order valence-electron chi connectivity index (χ0n) is 12.4. The van der Waals surface area contributed by atoms with Crippen LogP contribution in [0.4, 0.5) is 0 Å². The molecule has 108 valence electrons. The summed E-state index contributed by atoms with van der Waals surface area (Å²) in [6, 6.07) is 5.99. The predicted molar refractivity (Wildman–Crippen MR) is 86.0 cm³/mol. The summed E-state index contributed by atoms with van der Waals surface area (Å²) in [5.74, 6) is 0. The standard InChI is InChI=1S/C16H23N3S/c1-3-5-10-17-12-15-13(8-4-2)19-16(20-15)14-9-6-7-11-18-14/h6-7,9,11,17H,3-5,8,10,12H2,1-2H3. The molecule has 0 aliphatic carbocycles. The van der Waals surface area contributed by atoms with E-state index < -0.39 is 0 Å². The molecule has 4 heteroatoms. The number of thiazole rings is 1. The second kappa shape index (κ2) is 8.12. The number of nitrogens with zero attached hydrogens (tertiary/aromatic N) is 2. The number of rotatable bonds is 8. The highest BCUT2D eigenvalue weighted by Gasteiger charge is 2.12. The van der Waals surface area contributed by atoms with Gasteiger partial charge in [-0.05, 0) is 31.5 Å². The van der Waals surface area contributed by atoms with Crippen LogP contribution in [0, 0.1) is 0 Å². The molecule has 0 atom stereocenters. The highest BCUT2D eigenvalue weighted by Crippen LogP contribution is 2.27. The van der Waals surface area contributed by atoms with Crippen molar-refractivity contribution in [1.82, 2.24) is 15.3 Å². The lowest BCUT2D eigenvalue weighted by Gasteiger charge is -2.03. The lowest BCUT2D eigenvalue weighted by molar-refractivity contribution is 0.641. The molecule has 2 rings (SSSR count). The summed E-state index contributed by atoms with van der Waals surface area (Å²) >= 11 is 1.77. The van der Waals surface area contributed by atoms with E-state index in [1.165, 1.54) is 23.4 Å². The van der Waals surface area contributed by atoms with Crippen LogP contribution in [0.2, 0.25) is 0 Å². The molecule has 0 aromatic carbocycles. The predicted octanol–water partition coefficient (Wildman–Crippen LogP) is 4.05. The van der Waals surface area contributed by atoms with Gasteiger partial charge in [-0.15, -0.1) is 11.3 Å². The van der Waals surface area contributed by atoms with E-state index in [0.717, 1.165) is 36.6 Å². The first-order valence-electron chi connectivity index (χ1n) is 7.45. The first kappa shape index (κ1) is 15.1. The number of hydrogen-bond acceptors (Lipinski definition) is 4. The zero-order chi connectivity index (χ0) is 14.2. The van der Waals surface area contributed by atoms with Crippen molar-refractivity contribution >= 4 is 11.3 Å². The van der Waals surface area contributed by atoms with E-state index in [-0.39, 0.29) is 0 Å². The van der Waals surface area contributed by atoms with Crippen molar-refractivity contribution in [2.45, 2.75) is 46.1 Å². The first-order valence-corrected chi connectivity index (χ1v) is 8.27. The number of hydrogen-bond donors (Lipinski definition) is 1. The zero-order valence-corrected chi connectivity index (χ0v) is 13.2. The van der Waals surface area contributed by atoms with Crippen molar-refractivity contribution in [3.05, 3.63) is 35.0 Å². The molecule has 0 unspecified atom stereocenters. The van der Waals surface area contributed by atoms with E-state index in [1.807, 2.05) is 24.4 Å². The average molecular weight is 289 g/mol. The van der Waals surface area contributed by atoms with Gasteiger partial charge in [0.05, 0.1) is 11.4 Å². The Morgan fingerprint density at radius 2 is 2.10 bits per heavy atom. The van der Waals surface area contributed by atoms with Crippen molar-refractivity contribution in [3.8, 4) is 10.7 Å². The van der Waals surface area contributed by atoms with Crippen molar-refractivity contribution < 1.29 is 0 Å². The van der Waals surface area contributed by atoms with Crippen LogP contribution < -0.4 is 5.32 Å². The SMILES string of the molecule is CCCCNCc1sc(-c2ccccn2)nc1CCC. The van der Waals surface area contributed by atoms with Crippen molar-refractivity contribution in [3.63, 3.8) is 0 Å². The third kappa shape index (κ3) is 4.12. The summed E-state index contributed by atoms with van der Waals surface area (Å²) < 4.78 is 0. The minimum Gasteiger partial charge on any atom is -0.312 e. The molecular formula is C16H23N3S. The van der Waals surface area contributed by atoms with E-state index in [4.69, 9.17) is 4.98 Å². The van der Waals surface area contributed by atoms with Crippen LogP contribution in [-0.2, 0) is 13.0 Å². The lowest BCUT2D eigenvalue weighted by Crippen LogP contribution is -2.14. The molecule has 20 heavy (non-hydrogen) atoms. The Hall–Kier alpha value is -1.26. The van der Waals surface area contributed by atoms with Crippen LogP contribution in [0.25, 0.3) is 10.7 Å². The summed E-state index contributed by atoms with van der Waals surface area (Å²) in [4.78, 5) is 10.6. The molecule has 0 bridgehead atoms. The quantitative estimate of drug-likeness (QED) is 0.745. The van der Waals surface area contributed by atoms with Crippen LogP contribution >= 0.6 is 11.3 Å². The maximum atomic E-state index is 4.79. The van der Waals surface area contributed by atoms with E-state index in [0.29, 0.717) is 0 Å². The molecule has 2 aromatic rings. The number of aryl methyl sites for hydroxylation is 1. The van der Waals surface area contributed by atoms with E-state index in [2.05, 4.69) is 24.1 Å². The number of pyridine rings is 1. The highest BCUT2D eigenvalue weighted by atomic mass is 32.1. The third-order valence-electron chi connectivity index (χ3n) is 3.14. The molecule has 0 aliphatic heterocycles. The van der Waals surface area contributed by atoms with Crippen molar-refractivity contribution in [2.24, 2.45) is 0 Å². The summed E-state index contributed by atoms with van der Waals surface area (Å²) in [6.07, 6.45) is 6.47. The number of nitrogens with one attached hydrogen (secondary N) is 1. The summed E-state index contributed by atoms with van der Waals surface area (Å²) in [7, 11) is 0. The molecule has 0 aliphatic rings. The van der Waals surface area contributed by atoms with Gasteiger partial charge in [0, 0.05) is 17.6 Å². The fourth-order valence-electron chi connectivity index (χ4n) is 2.06. The molecule has 0 amide bonds. The van der Waals surface area contributed by atoms with Crippen molar-refractivity contribution in [2.75, 3.05) is 6.54 Å². The topological polar surface area (TPSA) is 37.8 Å². The Kier molecular flexibility index (Phi) is 6.15. The second-order valence-corrected chi connectivity index (χ2v) is 5.97. The van der Waals surface area contributed by atoms with Gasteiger partial charge in [0.2, 0.25) is 0 Å². The van der Waals surface area contributed by atoms with E-state index in [9.17, 15) is 0 Å². The molecule has 2 heterocycles. The molecule has 0 saturated heterocycles. The van der Waals surface area contributed by atoms with Gasteiger partial charge in [0.1, 0.15) is 5.01 Å². The van der Waals surface area contributed by atoms with Gasteiger partial charge < -0.3 is 5.32 Å². The van der Waals surface area contributed by atoms with Crippen LogP contribution in [0.15, 0.2) is 24.4 Å². The molecule has 2 aromatic heterocycles. The average Bonchev–Trinajstić information content (AvgIpc) is 2.88.